The monoisotopic (exact) mass is 351 g/mol. The number of amides is 2. The summed E-state index contributed by atoms with van der Waals surface area (Å²) in [4.78, 5) is 16.8. The Morgan fingerprint density at radius 1 is 1.33 bits per heavy atom. The molecule has 1 N–H and O–H groups in total. The van der Waals surface area contributed by atoms with Gasteiger partial charge in [0.2, 0.25) is 0 Å². The lowest BCUT2D eigenvalue weighted by atomic mass is 10.2. The standard InChI is InChI=1S/C18H26N4O.ClH/c1-2-15-13-21(17-9-3-4-10-20(15)17)18(23)19-14-22-11-5-7-16(22)8-6-12-22;/h3-4,9,13,16H,2,5-8,10-12,14H2,1H3;1H/p+1. The molecular weight excluding hydrogens is 324 g/mol. The van der Waals surface area contributed by atoms with E-state index in [1.54, 1.807) is 4.90 Å². The Morgan fingerprint density at radius 2 is 2.08 bits per heavy atom. The Labute approximate surface area is 150 Å². The predicted molar refractivity (Wildman–Crippen MR) is 97.0 cm³/mol. The molecule has 0 bridgehead atoms. The van der Waals surface area contributed by atoms with Gasteiger partial charge in [0.05, 0.1) is 19.1 Å². The van der Waals surface area contributed by atoms with Crippen molar-refractivity contribution in [2.75, 3.05) is 26.3 Å². The topological polar surface area (TPSA) is 35.6 Å². The van der Waals surface area contributed by atoms with E-state index in [2.05, 4.69) is 23.2 Å². The van der Waals surface area contributed by atoms with Crippen LogP contribution in [0.3, 0.4) is 0 Å². The second-order valence-electron chi connectivity index (χ2n) is 7.15. The average molecular weight is 352 g/mol. The van der Waals surface area contributed by atoms with Crippen LogP contribution in [0.15, 0.2) is 35.9 Å². The summed E-state index contributed by atoms with van der Waals surface area (Å²) in [6, 6.07) is 0.800. The van der Waals surface area contributed by atoms with Gasteiger partial charge in [-0.05, 0) is 12.5 Å². The van der Waals surface area contributed by atoms with Crippen molar-refractivity contribution in [2.45, 2.75) is 45.1 Å². The number of quaternary nitrogens is 1. The van der Waals surface area contributed by atoms with E-state index in [1.807, 2.05) is 18.4 Å². The van der Waals surface area contributed by atoms with E-state index in [-0.39, 0.29) is 18.4 Å². The Kier molecular flexibility index (Phi) is 4.92. The van der Waals surface area contributed by atoms with E-state index in [9.17, 15) is 4.79 Å². The molecule has 0 aromatic rings. The number of allylic oxidation sites excluding steroid dienone is 3. The van der Waals surface area contributed by atoms with Crippen LogP contribution < -0.4 is 5.32 Å². The summed E-state index contributed by atoms with van der Waals surface area (Å²) in [5.74, 6) is 0.987. The lowest BCUT2D eigenvalue weighted by Crippen LogP contribution is -2.55. The van der Waals surface area contributed by atoms with Crippen LogP contribution in [0.25, 0.3) is 0 Å². The van der Waals surface area contributed by atoms with Gasteiger partial charge in [0.25, 0.3) is 0 Å². The Balaban J connectivity index is 0.00000169. The maximum atomic E-state index is 12.8. The third-order valence-corrected chi connectivity index (χ3v) is 6.00. The fourth-order valence-electron chi connectivity index (χ4n) is 4.76. The van der Waals surface area contributed by atoms with Crippen LogP contribution in [0.1, 0.15) is 39.0 Å². The summed E-state index contributed by atoms with van der Waals surface area (Å²) in [6.45, 7) is 6.26. The summed E-state index contributed by atoms with van der Waals surface area (Å²) in [5.41, 5.74) is 1.21. The van der Waals surface area contributed by atoms with Crippen molar-refractivity contribution in [3.05, 3.63) is 35.9 Å². The molecule has 24 heavy (non-hydrogen) atoms. The highest BCUT2D eigenvalue weighted by molar-refractivity contribution is 5.85. The van der Waals surface area contributed by atoms with Crippen molar-refractivity contribution >= 4 is 18.4 Å². The number of carbonyl (C=O) groups excluding carboxylic acids is 1. The van der Waals surface area contributed by atoms with Gasteiger partial charge in [-0.15, -0.1) is 12.4 Å². The highest BCUT2D eigenvalue weighted by Gasteiger charge is 2.45. The molecule has 2 amide bonds. The van der Waals surface area contributed by atoms with E-state index >= 15 is 0 Å². The van der Waals surface area contributed by atoms with E-state index in [4.69, 9.17) is 0 Å². The first-order valence-corrected chi connectivity index (χ1v) is 9.01. The van der Waals surface area contributed by atoms with Gasteiger partial charge in [-0.2, -0.15) is 0 Å². The molecule has 2 saturated heterocycles. The summed E-state index contributed by atoms with van der Waals surface area (Å²) in [6.07, 6.45) is 14.4. The normalized spacial score (nSPS) is 30.5. The molecule has 0 aromatic heterocycles. The maximum Gasteiger partial charge on any atom is 0.331 e. The number of fused-ring (bicyclic) bond motifs is 2. The number of carbonyl (C=O) groups is 1. The van der Waals surface area contributed by atoms with Crippen LogP contribution in [-0.4, -0.2) is 52.7 Å². The van der Waals surface area contributed by atoms with Crippen LogP contribution in [0, 0.1) is 0 Å². The van der Waals surface area contributed by atoms with E-state index < -0.39 is 0 Å². The van der Waals surface area contributed by atoms with Crippen LogP contribution in [0.5, 0.6) is 0 Å². The van der Waals surface area contributed by atoms with Crippen molar-refractivity contribution in [3.8, 4) is 0 Å². The molecule has 2 fully saturated rings. The number of hydrogen-bond donors (Lipinski definition) is 1. The van der Waals surface area contributed by atoms with Gasteiger partial charge in [-0.3, -0.25) is 10.2 Å². The lowest BCUT2D eigenvalue weighted by molar-refractivity contribution is -0.929. The molecule has 0 aliphatic carbocycles. The third kappa shape index (κ3) is 2.74. The van der Waals surface area contributed by atoms with Crippen molar-refractivity contribution < 1.29 is 9.28 Å². The highest BCUT2D eigenvalue weighted by atomic mass is 35.5. The Morgan fingerprint density at radius 3 is 2.79 bits per heavy atom. The van der Waals surface area contributed by atoms with Gasteiger partial charge in [0, 0.05) is 44.1 Å². The molecule has 6 heteroatoms. The van der Waals surface area contributed by atoms with E-state index in [0.29, 0.717) is 0 Å². The first-order valence-electron chi connectivity index (χ1n) is 9.01. The second-order valence-corrected chi connectivity index (χ2v) is 7.15. The SMILES string of the molecule is CCC1=CN(C(=O)NC[N+]23CCCC2CCC3)C2=CC=CCN12.Cl. The quantitative estimate of drug-likeness (QED) is 0.793. The Hall–Kier alpha value is -1.46. The molecule has 0 atom stereocenters. The fraction of sp³-hybridized carbons (Fsp3) is 0.611. The van der Waals surface area contributed by atoms with Crippen LogP contribution in [0.2, 0.25) is 0 Å². The van der Waals surface area contributed by atoms with Crippen molar-refractivity contribution in [1.82, 2.24) is 15.1 Å². The van der Waals surface area contributed by atoms with Crippen LogP contribution >= 0.6 is 12.4 Å². The molecule has 4 aliphatic heterocycles. The summed E-state index contributed by atoms with van der Waals surface area (Å²) < 4.78 is 1.12. The predicted octanol–water partition coefficient (Wildman–Crippen LogP) is 3.13. The average Bonchev–Trinajstić information content (AvgIpc) is 3.24. The summed E-state index contributed by atoms with van der Waals surface area (Å²) in [7, 11) is 0. The smallest absolute Gasteiger partial charge is 0.326 e. The van der Waals surface area contributed by atoms with Crippen molar-refractivity contribution in [3.63, 3.8) is 0 Å². The molecule has 0 spiro atoms. The van der Waals surface area contributed by atoms with Gasteiger partial charge < -0.3 is 9.38 Å². The Bertz CT molecular complexity index is 588. The largest absolute Gasteiger partial charge is 0.331 e. The third-order valence-electron chi connectivity index (χ3n) is 6.00. The zero-order chi connectivity index (χ0) is 15.9. The van der Waals surface area contributed by atoms with Crippen LogP contribution in [0.4, 0.5) is 4.79 Å². The van der Waals surface area contributed by atoms with Crippen molar-refractivity contribution in [2.24, 2.45) is 0 Å². The number of halogens is 1. The molecular formula is C18H28ClN4O+. The first-order chi connectivity index (χ1) is 11.2. The second kappa shape index (κ2) is 6.81. The molecule has 0 aromatic carbocycles. The van der Waals surface area contributed by atoms with Gasteiger partial charge in [0.1, 0.15) is 5.82 Å². The summed E-state index contributed by atoms with van der Waals surface area (Å²) in [5, 5.41) is 3.23. The molecule has 132 valence electrons. The number of urea groups is 1. The minimum atomic E-state index is 0. The number of nitrogens with zero attached hydrogens (tertiary/aromatic N) is 3. The van der Waals surface area contributed by atoms with Crippen molar-refractivity contribution in [1.29, 1.82) is 0 Å². The fourth-order valence-corrected chi connectivity index (χ4v) is 4.76. The van der Waals surface area contributed by atoms with Crippen LogP contribution in [-0.2, 0) is 0 Å². The number of hydrogen-bond acceptors (Lipinski definition) is 2. The van der Waals surface area contributed by atoms with E-state index in [0.717, 1.165) is 36.0 Å². The maximum absolute atomic E-state index is 12.8. The lowest BCUT2D eigenvalue weighted by Gasteiger charge is -2.35. The molecule has 0 radical (unpaired) electrons. The molecule has 4 heterocycles. The number of rotatable bonds is 3. The zero-order valence-corrected chi connectivity index (χ0v) is 15.2. The minimum absolute atomic E-state index is 0. The van der Waals surface area contributed by atoms with E-state index in [1.165, 1.54) is 44.5 Å². The molecule has 5 nitrogen and oxygen atoms in total. The van der Waals surface area contributed by atoms with Gasteiger partial charge in [-0.25, -0.2) is 4.79 Å². The first kappa shape index (κ1) is 17.4. The van der Waals surface area contributed by atoms with Gasteiger partial charge >= 0.3 is 6.03 Å². The zero-order valence-electron chi connectivity index (χ0n) is 14.4. The highest BCUT2D eigenvalue weighted by Crippen LogP contribution is 2.36. The minimum Gasteiger partial charge on any atom is -0.326 e. The molecule has 4 aliphatic rings. The number of nitrogens with one attached hydrogen (secondary N) is 1. The molecule has 0 unspecified atom stereocenters. The molecule has 4 rings (SSSR count). The summed E-state index contributed by atoms with van der Waals surface area (Å²) >= 11 is 0. The molecule has 0 saturated carbocycles. The van der Waals surface area contributed by atoms with Gasteiger partial charge in [0.15, 0.2) is 6.67 Å². The van der Waals surface area contributed by atoms with Gasteiger partial charge in [-0.1, -0.05) is 19.1 Å².